The van der Waals surface area contributed by atoms with E-state index < -0.39 is 0 Å². The van der Waals surface area contributed by atoms with Crippen molar-refractivity contribution in [3.8, 4) is 11.7 Å². The minimum absolute atomic E-state index is 0. The summed E-state index contributed by atoms with van der Waals surface area (Å²) < 4.78 is 5.06. The van der Waals surface area contributed by atoms with Gasteiger partial charge in [0.2, 0.25) is 0 Å². The number of para-hydroxylation sites is 1. The van der Waals surface area contributed by atoms with E-state index in [1.165, 1.54) is 0 Å². The second-order valence-electron chi connectivity index (χ2n) is 1.78. The van der Waals surface area contributed by atoms with E-state index in [4.69, 9.17) is 11.2 Å². The summed E-state index contributed by atoms with van der Waals surface area (Å²) in [6.07, 6.45) is 6.58. The summed E-state index contributed by atoms with van der Waals surface area (Å²) in [5, 5.41) is 0. The van der Waals surface area contributed by atoms with E-state index in [2.05, 4.69) is 5.92 Å². The zero-order valence-electron chi connectivity index (χ0n) is 6.59. The molecule has 58 valence electrons. The van der Waals surface area contributed by atoms with Gasteiger partial charge in [0.1, 0.15) is 12.4 Å². The van der Waals surface area contributed by atoms with E-state index >= 15 is 0 Å². The summed E-state index contributed by atoms with van der Waals surface area (Å²) in [5.74, 6) is 2.92. The standard InChI is InChI=1S/C9H7O.BrH.Mg/c1-2-8-10-9-6-4-3-5-7-9;;/h3-7H,8H2;1H;/q-1;;+2/p-1. The van der Waals surface area contributed by atoms with Gasteiger partial charge in [0.05, 0.1) is 0 Å². The van der Waals surface area contributed by atoms with Crippen LogP contribution in [-0.2, 0) is 0 Å². The van der Waals surface area contributed by atoms with Crippen molar-refractivity contribution in [2.24, 2.45) is 0 Å². The summed E-state index contributed by atoms with van der Waals surface area (Å²) in [6.45, 7) is 0.226. The molecule has 0 N–H and O–H groups in total. The monoisotopic (exact) mass is 234 g/mol. The normalized spacial score (nSPS) is 6.92. The minimum Gasteiger partial charge on any atom is -1.00 e. The van der Waals surface area contributed by atoms with Crippen LogP contribution in [0.15, 0.2) is 30.3 Å². The maximum atomic E-state index is 6.58. The molecule has 3 heteroatoms. The first kappa shape index (κ1) is 14.4. The van der Waals surface area contributed by atoms with Crippen LogP contribution < -0.4 is 21.7 Å². The van der Waals surface area contributed by atoms with Gasteiger partial charge >= 0.3 is 23.1 Å². The fourth-order valence-corrected chi connectivity index (χ4v) is 0.636. The van der Waals surface area contributed by atoms with Crippen LogP contribution in [0.1, 0.15) is 0 Å². The molecule has 0 atom stereocenters. The molecule has 0 aromatic heterocycles. The van der Waals surface area contributed by atoms with Crippen LogP contribution in [-0.4, -0.2) is 29.7 Å². The average Bonchev–Trinajstić information content (AvgIpc) is 2.03. The fourth-order valence-electron chi connectivity index (χ4n) is 0.636. The number of rotatable bonds is 2. The van der Waals surface area contributed by atoms with E-state index in [0.717, 1.165) is 5.75 Å². The largest absolute Gasteiger partial charge is 2.00 e. The third-order valence-corrected chi connectivity index (χ3v) is 1.05. The Morgan fingerprint density at radius 1 is 1.25 bits per heavy atom. The van der Waals surface area contributed by atoms with Gasteiger partial charge in [0.15, 0.2) is 0 Å². The van der Waals surface area contributed by atoms with Gasteiger partial charge in [-0.05, 0) is 12.1 Å². The Balaban J connectivity index is 0. The van der Waals surface area contributed by atoms with Crippen molar-refractivity contribution in [3.63, 3.8) is 0 Å². The number of ether oxygens (including phenoxy) is 1. The van der Waals surface area contributed by atoms with E-state index in [0.29, 0.717) is 0 Å². The predicted octanol–water partition coefficient (Wildman–Crippen LogP) is -1.72. The van der Waals surface area contributed by atoms with Crippen molar-refractivity contribution in [1.82, 2.24) is 0 Å². The van der Waals surface area contributed by atoms with Gasteiger partial charge in [-0.25, -0.2) is 0 Å². The summed E-state index contributed by atoms with van der Waals surface area (Å²) in [4.78, 5) is 0. The van der Waals surface area contributed by atoms with Crippen LogP contribution in [0.25, 0.3) is 0 Å². The first-order valence-electron chi connectivity index (χ1n) is 3.01. The molecule has 0 amide bonds. The molecule has 0 aliphatic heterocycles. The zero-order chi connectivity index (χ0) is 7.23. The SMILES string of the molecule is [Br-].[C-]#CCOc1ccccc1.[Mg+2]. The van der Waals surface area contributed by atoms with Crippen molar-refractivity contribution < 1.29 is 21.7 Å². The zero-order valence-corrected chi connectivity index (χ0v) is 9.59. The van der Waals surface area contributed by atoms with E-state index in [-0.39, 0.29) is 46.6 Å². The Kier molecular flexibility index (Phi) is 10.7. The summed E-state index contributed by atoms with van der Waals surface area (Å²) in [5.41, 5.74) is 0. The van der Waals surface area contributed by atoms with E-state index in [9.17, 15) is 0 Å². The smallest absolute Gasteiger partial charge is 1.00 e. The van der Waals surface area contributed by atoms with E-state index in [1.807, 2.05) is 30.3 Å². The quantitative estimate of drug-likeness (QED) is 0.337. The molecule has 0 fully saturated rings. The number of benzene rings is 1. The molecule has 0 radical (unpaired) electrons. The molecule has 0 aliphatic rings. The van der Waals surface area contributed by atoms with Crippen LogP contribution in [0.4, 0.5) is 0 Å². The van der Waals surface area contributed by atoms with Crippen LogP contribution in [0.2, 0.25) is 0 Å². The Morgan fingerprint density at radius 2 is 1.83 bits per heavy atom. The molecule has 1 rings (SSSR count). The first-order chi connectivity index (χ1) is 4.93. The van der Waals surface area contributed by atoms with Gasteiger partial charge < -0.3 is 34.1 Å². The van der Waals surface area contributed by atoms with Crippen LogP contribution in [0.5, 0.6) is 5.75 Å². The van der Waals surface area contributed by atoms with Crippen molar-refractivity contribution in [3.05, 3.63) is 36.8 Å². The van der Waals surface area contributed by atoms with Crippen molar-refractivity contribution in [1.29, 1.82) is 0 Å². The molecule has 12 heavy (non-hydrogen) atoms. The topological polar surface area (TPSA) is 9.23 Å². The third-order valence-electron chi connectivity index (χ3n) is 1.05. The van der Waals surface area contributed by atoms with Crippen molar-refractivity contribution in [2.45, 2.75) is 0 Å². The van der Waals surface area contributed by atoms with E-state index in [1.54, 1.807) is 0 Å². The molecule has 0 saturated heterocycles. The fraction of sp³-hybridized carbons (Fsp3) is 0.111. The molecule has 1 nitrogen and oxygen atoms in total. The Labute approximate surface area is 99.4 Å². The maximum absolute atomic E-state index is 6.58. The molecular formula is C9H7BrMgO. The number of hydrogen-bond acceptors (Lipinski definition) is 1. The third kappa shape index (κ3) is 5.47. The molecule has 0 spiro atoms. The van der Waals surface area contributed by atoms with Crippen LogP contribution in [0.3, 0.4) is 0 Å². The Hall–Kier alpha value is -0.174. The minimum atomic E-state index is 0. The van der Waals surface area contributed by atoms with Gasteiger partial charge in [-0.1, -0.05) is 18.2 Å². The molecule has 1 aromatic rings. The summed E-state index contributed by atoms with van der Waals surface area (Å²) in [7, 11) is 0. The molecule has 1 aromatic carbocycles. The number of halogens is 1. The number of hydrogen-bond donors (Lipinski definition) is 0. The Bertz CT molecular complexity index is 230. The molecule has 0 heterocycles. The van der Waals surface area contributed by atoms with Crippen LogP contribution >= 0.6 is 0 Å². The summed E-state index contributed by atoms with van der Waals surface area (Å²) >= 11 is 0. The first-order valence-corrected chi connectivity index (χ1v) is 3.01. The molecule has 0 bridgehead atoms. The van der Waals surface area contributed by atoms with Gasteiger partial charge in [0.25, 0.3) is 0 Å². The maximum Gasteiger partial charge on any atom is 2.00 e. The van der Waals surface area contributed by atoms with Crippen molar-refractivity contribution in [2.75, 3.05) is 6.61 Å². The second-order valence-corrected chi connectivity index (χ2v) is 1.78. The average molecular weight is 235 g/mol. The Morgan fingerprint density at radius 3 is 2.33 bits per heavy atom. The molecule has 0 unspecified atom stereocenters. The predicted molar refractivity (Wildman–Crippen MR) is 44.8 cm³/mol. The second kappa shape index (κ2) is 8.92. The molecule has 0 saturated carbocycles. The molecule has 0 aliphatic carbocycles. The van der Waals surface area contributed by atoms with Gasteiger partial charge in [-0.15, -0.1) is 0 Å². The van der Waals surface area contributed by atoms with Crippen LogP contribution in [0, 0.1) is 12.3 Å². The van der Waals surface area contributed by atoms with Crippen molar-refractivity contribution >= 4 is 23.1 Å². The van der Waals surface area contributed by atoms with Gasteiger partial charge in [-0.3, -0.25) is 0 Å². The van der Waals surface area contributed by atoms with Gasteiger partial charge in [0, 0.05) is 0 Å². The van der Waals surface area contributed by atoms with Gasteiger partial charge in [-0.2, -0.15) is 0 Å². The molecular weight excluding hydrogens is 228 g/mol. The summed E-state index contributed by atoms with van der Waals surface area (Å²) in [6, 6.07) is 9.38.